The predicted octanol–water partition coefficient (Wildman–Crippen LogP) is 3.27. The van der Waals surface area contributed by atoms with Gasteiger partial charge in [-0.25, -0.2) is 4.39 Å². The standard InChI is InChI=1S/C12H18FN/c1-4-12(14-9(2)3)10-6-5-7-11(13)8-10/h5-9,12,14H,4H2,1-3H3. The van der Waals surface area contributed by atoms with E-state index in [2.05, 4.69) is 26.1 Å². The second-order valence-corrected chi connectivity index (χ2v) is 3.84. The summed E-state index contributed by atoms with van der Waals surface area (Å²) >= 11 is 0. The largest absolute Gasteiger partial charge is 0.308 e. The lowest BCUT2D eigenvalue weighted by Crippen LogP contribution is -2.27. The van der Waals surface area contributed by atoms with Crippen LogP contribution in [0.4, 0.5) is 4.39 Å². The molecule has 0 spiro atoms. The summed E-state index contributed by atoms with van der Waals surface area (Å²) in [6, 6.07) is 7.48. The van der Waals surface area contributed by atoms with Crippen molar-refractivity contribution in [2.24, 2.45) is 0 Å². The minimum absolute atomic E-state index is 0.161. The predicted molar refractivity (Wildman–Crippen MR) is 57.7 cm³/mol. The fourth-order valence-corrected chi connectivity index (χ4v) is 1.58. The zero-order valence-corrected chi connectivity index (χ0v) is 9.05. The summed E-state index contributed by atoms with van der Waals surface area (Å²) in [6.07, 6.45) is 0.974. The Bertz CT molecular complexity index is 283. The van der Waals surface area contributed by atoms with Gasteiger partial charge in [0, 0.05) is 12.1 Å². The quantitative estimate of drug-likeness (QED) is 0.777. The van der Waals surface area contributed by atoms with E-state index in [1.165, 1.54) is 6.07 Å². The molecule has 0 aromatic heterocycles. The number of benzene rings is 1. The van der Waals surface area contributed by atoms with Gasteiger partial charge in [0.2, 0.25) is 0 Å². The molecular formula is C12H18FN. The summed E-state index contributed by atoms with van der Waals surface area (Å²) in [5.41, 5.74) is 1.03. The van der Waals surface area contributed by atoms with Gasteiger partial charge in [-0.15, -0.1) is 0 Å². The molecular weight excluding hydrogens is 177 g/mol. The van der Waals surface area contributed by atoms with Crippen molar-refractivity contribution in [1.29, 1.82) is 0 Å². The van der Waals surface area contributed by atoms with Crippen LogP contribution in [0, 0.1) is 5.82 Å². The molecule has 0 fully saturated rings. The molecule has 1 N–H and O–H groups in total. The average Bonchev–Trinajstić information content (AvgIpc) is 2.14. The first kappa shape index (κ1) is 11.2. The Morgan fingerprint density at radius 2 is 2.07 bits per heavy atom. The molecule has 0 saturated heterocycles. The summed E-state index contributed by atoms with van der Waals surface area (Å²) < 4.78 is 13.0. The molecule has 0 aliphatic heterocycles. The maximum Gasteiger partial charge on any atom is 0.123 e. The topological polar surface area (TPSA) is 12.0 Å². The van der Waals surface area contributed by atoms with E-state index in [0.29, 0.717) is 6.04 Å². The van der Waals surface area contributed by atoms with Crippen LogP contribution in [0.1, 0.15) is 38.8 Å². The zero-order valence-electron chi connectivity index (χ0n) is 9.05. The summed E-state index contributed by atoms with van der Waals surface area (Å²) in [4.78, 5) is 0. The van der Waals surface area contributed by atoms with Gasteiger partial charge in [-0.3, -0.25) is 0 Å². The number of halogens is 1. The van der Waals surface area contributed by atoms with Crippen molar-refractivity contribution >= 4 is 0 Å². The molecule has 14 heavy (non-hydrogen) atoms. The van der Waals surface area contributed by atoms with Gasteiger partial charge in [0.1, 0.15) is 5.82 Å². The third kappa shape index (κ3) is 3.11. The van der Waals surface area contributed by atoms with Crippen LogP contribution in [0.2, 0.25) is 0 Å². The first-order chi connectivity index (χ1) is 6.63. The maximum atomic E-state index is 13.0. The number of nitrogens with one attached hydrogen (secondary N) is 1. The van der Waals surface area contributed by atoms with Crippen LogP contribution in [0.3, 0.4) is 0 Å². The SMILES string of the molecule is CCC(NC(C)C)c1cccc(F)c1. The Morgan fingerprint density at radius 3 is 2.57 bits per heavy atom. The maximum absolute atomic E-state index is 13.0. The fourth-order valence-electron chi connectivity index (χ4n) is 1.58. The molecule has 0 amide bonds. The average molecular weight is 195 g/mol. The monoisotopic (exact) mass is 195 g/mol. The van der Waals surface area contributed by atoms with Crippen LogP contribution in [-0.4, -0.2) is 6.04 Å². The van der Waals surface area contributed by atoms with Crippen molar-refractivity contribution in [1.82, 2.24) is 5.32 Å². The van der Waals surface area contributed by atoms with Gasteiger partial charge >= 0.3 is 0 Å². The number of rotatable bonds is 4. The molecule has 1 aromatic carbocycles. The van der Waals surface area contributed by atoms with Gasteiger partial charge in [-0.2, -0.15) is 0 Å². The molecule has 1 atom stereocenters. The van der Waals surface area contributed by atoms with E-state index in [0.717, 1.165) is 12.0 Å². The Hall–Kier alpha value is -0.890. The molecule has 0 saturated carbocycles. The molecule has 0 aliphatic rings. The number of hydrogen-bond donors (Lipinski definition) is 1. The Morgan fingerprint density at radius 1 is 1.36 bits per heavy atom. The van der Waals surface area contributed by atoms with Crippen LogP contribution in [0.5, 0.6) is 0 Å². The van der Waals surface area contributed by atoms with E-state index >= 15 is 0 Å². The lowest BCUT2D eigenvalue weighted by molar-refractivity contribution is 0.464. The van der Waals surface area contributed by atoms with Gasteiger partial charge in [0.25, 0.3) is 0 Å². The Kier molecular flexibility index (Phi) is 4.08. The van der Waals surface area contributed by atoms with Gasteiger partial charge in [-0.1, -0.05) is 32.9 Å². The molecule has 1 rings (SSSR count). The molecule has 2 heteroatoms. The smallest absolute Gasteiger partial charge is 0.123 e. The van der Waals surface area contributed by atoms with Crippen LogP contribution in [0.25, 0.3) is 0 Å². The van der Waals surface area contributed by atoms with Crippen LogP contribution < -0.4 is 5.32 Å². The van der Waals surface area contributed by atoms with E-state index in [1.54, 1.807) is 12.1 Å². The van der Waals surface area contributed by atoms with E-state index in [1.807, 2.05) is 6.07 Å². The highest BCUT2D eigenvalue weighted by Gasteiger charge is 2.10. The van der Waals surface area contributed by atoms with E-state index < -0.39 is 0 Å². The highest BCUT2D eigenvalue weighted by molar-refractivity contribution is 5.20. The van der Waals surface area contributed by atoms with Crippen molar-refractivity contribution in [2.75, 3.05) is 0 Å². The molecule has 1 aromatic rings. The zero-order chi connectivity index (χ0) is 10.6. The van der Waals surface area contributed by atoms with Crippen molar-refractivity contribution < 1.29 is 4.39 Å². The molecule has 0 radical (unpaired) electrons. The highest BCUT2D eigenvalue weighted by atomic mass is 19.1. The van der Waals surface area contributed by atoms with Gasteiger partial charge < -0.3 is 5.32 Å². The first-order valence-electron chi connectivity index (χ1n) is 5.15. The van der Waals surface area contributed by atoms with Crippen LogP contribution in [0.15, 0.2) is 24.3 Å². The van der Waals surface area contributed by atoms with E-state index in [4.69, 9.17) is 0 Å². The van der Waals surface area contributed by atoms with Gasteiger partial charge in [-0.05, 0) is 24.1 Å². The summed E-state index contributed by atoms with van der Waals surface area (Å²) in [6.45, 7) is 6.30. The Labute approximate surface area is 85.3 Å². The molecule has 0 aliphatic carbocycles. The summed E-state index contributed by atoms with van der Waals surface area (Å²) in [5.74, 6) is -0.161. The normalized spacial score (nSPS) is 13.2. The highest BCUT2D eigenvalue weighted by Crippen LogP contribution is 2.17. The molecule has 0 heterocycles. The van der Waals surface area contributed by atoms with Gasteiger partial charge in [0.05, 0.1) is 0 Å². The van der Waals surface area contributed by atoms with Crippen LogP contribution >= 0.6 is 0 Å². The minimum atomic E-state index is -0.161. The third-order valence-corrected chi connectivity index (χ3v) is 2.19. The van der Waals surface area contributed by atoms with Crippen molar-refractivity contribution in [3.8, 4) is 0 Å². The minimum Gasteiger partial charge on any atom is -0.308 e. The van der Waals surface area contributed by atoms with Crippen molar-refractivity contribution in [3.05, 3.63) is 35.6 Å². The fraction of sp³-hybridized carbons (Fsp3) is 0.500. The second-order valence-electron chi connectivity index (χ2n) is 3.84. The second kappa shape index (κ2) is 5.11. The van der Waals surface area contributed by atoms with Crippen molar-refractivity contribution in [3.63, 3.8) is 0 Å². The van der Waals surface area contributed by atoms with Crippen molar-refractivity contribution in [2.45, 2.75) is 39.3 Å². The molecule has 78 valence electrons. The lowest BCUT2D eigenvalue weighted by Gasteiger charge is -2.20. The molecule has 1 unspecified atom stereocenters. The summed E-state index contributed by atoms with van der Waals surface area (Å²) in [7, 11) is 0. The lowest BCUT2D eigenvalue weighted by atomic mass is 10.0. The van der Waals surface area contributed by atoms with Gasteiger partial charge in [0.15, 0.2) is 0 Å². The third-order valence-electron chi connectivity index (χ3n) is 2.19. The molecule has 1 nitrogen and oxygen atoms in total. The number of hydrogen-bond acceptors (Lipinski definition) is 1. The molecule has 0 bridgehead atoms. The van der Waals surface area contributed by atoms with E-state index in [9.17, 15) is 4.39 Å². The van der Waals surface area contributed by atoms with E-state index in [-0.39, 0.29) is 11.9 Å². The Balaban J connectivity index is 2.78. The summed E-state index contributed by atoms with van der Waals surface area (Å²) in [5, 5.41) is 3.41. The first-order valence-corrected chi connectivity index (χ1v) is 5.15. The van der Waals surface area contributed by atoms with Crippen LogP contribution in [-0.2, 0) is 0 Å².